The lowest BCUT2D eigenvalue weighted by molar-refractivity contribution is 0.0591. The first-order chi connectivity index (χ1) is 14.1. The van der Waals surface area contributed by atoms with Crippen LogP contribution in [0.15, 0.2) is 48.5 Å². The fourth-order valence-electron chi connectivity index (χ4n) is 5.18. The highest BCUT2D eigenvalue weighted by atomic mass is 16.2. The molecule has 1 aliphatic rings. The van der Waals surface area contributed by atoms with Crippen LogP contribution < -0.4 is 10.6 Å². The van der Waals surface area contributed by atoms with Crippen molar-refractivity contribution in [3.8, 4) is 0 Å². The van der Waals surface area contributed by atoms with Crippen LogP contribution in [-0.2, 0) is 0 Å². The molecule has 0 aromatic heterocycles. The average molecular weight is 407 g/mol. The summed E-state index contributed by atoms with van der Waals surface area (Å²) in [6.45, 7) is 11.2. The van der Waals surface area contributed by atoms with Gasteiger partial charge >= 0.3 is 0 Å². The van der Waals surface area contributed by atoms with Crippen LogP contribution in [0, 0.1) is 24.7 Å². The third-order valence-electron chi connectivity index (χ3n) is 6.23. The summed E-state index contributed by atoms with van der Waals surface area (Å²) in [5.74, 6) is -0.0414. The third kappa shape index (κ3) is 5.29. The summed E-state index contributed by atoms with van der Waals surface area (Å²) in [7, 11) is 0. The van der Waals surface area contributed by atoms with Crippen molar-refractivity contribution in [2.75, 3.05) is 6.54 Å². The van der Waals surface area contributed by atoms with Crippen LogP contribution in [0.2, 0.25) is 0 Å². The quantitative estimate of drug-likeness (QED) is 0.730. The number of hydrogen-bond donors (Lipinski definition) is 2. The van der Waals surface area contributed by atoms with Gasteiger partial charge in [-0.25, -0.2) is 0 Å². The number of amides is 2. The molecular weight excluding hydrogens is 372 g/mol. The molecule has 0 aliphatic heterocycles. The highest BCUT2D eigenvalue weighted by Gasteiger charge is 2.42. The molecule has 0 radical (unpaired) electrons. The summed E-state index contributed by atoms with van der Waals surface area (Å²) < 4.78 is 0. The van der Waals surface area contributed by atoms with Crippen molar-refractivity contribution < 1.29 is 9.59 Å². The van der Waals surface area contributed by atoms with Crippen LogP contribution in [0.1, 0.15) is 71.9 Å². The largest absolute Gasteiger partial charge is 0.351 e. The number of carbonyl (C=O) groups excluding carboxylic acids is 2. The second kappa shape index (κ2) is 8.63. The Morgan fingerprint density at radius 1 is 0.867 bits per heavy atom. The van der Waals surface area contributed by atoms with E-state index in [4.69, 9.17) is 0 Å². The van der Waals surface area contributed by atoms with Gasteiger partial charge < -0.3 is 10.6 Å². The van der Waals surface area contributed by atoms with Gasteiger partial charge in [-0.2, -0.15) is 0 Å². The second-order valence-electron chi connectivity index (χ2n) is 10.0. The molecule has 0 spiro atoms. The number of nitrogens with one attached hydrogen (secondary N) is 2. The van der Waals surface area contributed by atoms with E-state index in [9.17, 15) is 9.59 Å². The monoisotopic (exact) mass is 406 g/mol. The maximum Gasteiger partial charge on any atom is 0.251 e. The molecule has 4 nitrogen and oxygen atoms in total. The van der Waals surface area contributed by atoms with Gasteiger partial charge in [0.1, 0.15) is 0 Å². The van der Waals surface area contributed by atoms with Crippen molar-refractivity contribution in [1.82, 2.24) is 10.6 Å². The van der Waals surface area contributed by atoms with Gasteiger partial charge in [0.2, 0.25) is 0 Å². The van der Waals surface area contributed by atoms with Crippen molar-refractivity contribution in [2.45, 2.75) is 59.9 Å². The van der Waals surface area contributed by atoms with Gasteiger partial charge in [-0.05, 0) is 67.2 Å². The predicted octanol–water partition coefficient (Wildman–Crippen LogP) is 5.05. The minimum atomic E-state index is -0.0796. The molecule has 160 valence electrons. The van der Waals surface area contributed by atoms with Crippen LogP contribution >= 0.6 is 0 Å². The van der Waals surface area contributed by atoms with E-state index in [0.717, 1.165) is 41.5 Å². The number of benzene rings is 2. The first-order valence-corrected chi connectivity index (χ1v) is 10.8. The van der Waals surface area contributed by atoms with Crippen LogP contribution in [-0.4, -0.2) is 24.4 Å². The van der Waals surface area contributed by atoms with Gasteiger partial charge in [-0.15, -0.1) is 0 Å². The molecule has 2 aromatic carbocycles. The van der Waals surface area contributed by atoms with Crippen molar-refractivity contribution >= 4 is 11.8 Å². The highest BCUT2D eigenvalue weighted by Crippen LogP contribution is 2.45. The zero-order valence-corrected chi connectivity index (χ0v) is 18.8. The molecule has 1 aliphatic carbocycles. The smallest absolute Gasteiger partial charge is 0.251 e. The summed E-state index contributed by atoms with van der Waals surface area (Å²) in [5.41, 5.74) is 3.43. The first-order valence-electron chi connectivity index (χ1n) is 10.8. The van der Waals surface area contributed by atoms with E-state index in [0.29, 0.717) is 6.54 Å². The van der Waals surface area contributed by atoms with Crippen LogP contribution in [0.4, 0.5) is 0 Å². The van der Waals surface area contributed by atoms with Crippen molar-refractivity contribution in [3.05, 3.63) is 70.8 Å². The van der Waals surface area contributed by atoms with Gasteiger partial charge in [-0.1, -0.05) is 57.2 Å². The molecule has 1 fully saturated rings. The van der Waals surface area contributed by atoms with Crippen molar-refractivity contribution in [1.29, 1.82) is 0 Å². The Kier molecular flexibility index (Phi) is 6.35. The Hall–Kier alpha value is -2.62. The van der Waals surface area contributed by atoms with Crippen LogP contribution in [0.25, 0.3) is 0 Å². The molecule has 30 heavy (non-hydrogen) atoms. The molecule has 2 amide bonds. The van der Waals surface area contributed by atoms with E-state index in [-0.39, 0.29) is 28.7 Å². The Bertz CT molecular complexity index is 934. The molecule has 2 N–H and O–H groups in total. The maximum atomic E-state index is 12.9. The zero-order chi connectivity index (χ0) is 21.9. The molecule has 0 bridgehead atoms. The van der Waals surface area contributed by atoms with E-state index in [1.165, 1.54) is 0 Å². The van der Waals surface area contributed by atoms with Crippen molar-refractivity contribution in [3.63, 3.8) is 0 Å². The molecule has 1 saturated carbocycles. The predicted molar refractivity (Wildman–Crippen MR) is 122 cm³/mol. The maximum absolute atomic E-state index is 12.9. The molecular formula is C26H34N2O2. The molecule has 4 heteroatoms. The molecule has 3 rings (SSSR count). The number of carbonyl (C=O) groups is 2. The molecule has 2 aromatic rings. The second-order valence-corrected chi connectivity index (χ2v) is 10.0. The zero-order valence-electron chi connectivity index (χ0n) is 18.8. The molecule has 2 atom stereocenters. The highest BCUT2D eigenvalue weighted by molar-refractivity contribution is 5.96. The van der Waals surface area contributed by atoms with Gasteiger partial charge in [0.15, 0.2) is 0 Å². The van der Waals surface area contributed by atoms with E-state index >= 15 is 0 Å². The molecule has 0 saturated heterocycles. The van der Waals surface area contributed by atoms with Crippen LogP contribution in [0.5, 0.6) is 0 Å². The Labute approximate surface area is 180 Å². The first kappa shape index (κ1) is 22.1. The minimum absolute atomic E-state index is 0.0119. The summed E-state index contributed by atoms with van der Waals surface area (Å²) in [4.78, 5) is 25.6. The Morgan fingerprint density at radius 2 is 1.40 bits per heavy atom. The van der Waals surface area contributed by atoms with E-state index < -0.39 is 0 Å². The van der Waals surface area contributed by atoms with Gasteiger partial charge in [0.05, 0.1) is 0 Å². The lowest BCUT2D eigenvalue weighted by Crippen LogP contribution is -2.50. The van der Waals surface area contributed by atoms with Gasteiger partial charge in [-0.3, -0.25) is 9.59 Å². The number of rotatable bonds is 5. The van der Waals surface area contributed by atoms with E-state index in [1.807, 2.05) is 62.4 Å². The summed E-state index contributed by atoms with van der Waals surface area (Å²) in [6.07, 6.45) is 2.79. The summed E-state index contributed by atoms with van der Waals surface area (Å²) in [6, 6.07) is 15.4. The van der Waals surface area contributed by atoms with Crippen molar-refractivity contribution in [2.24, 2.45) is 10.8 Å². The van der Waals surface area contributed by atoms with Crippen LogP contribution in [0.3, 0.4) is 0 Å². The summed E-state index contributed by atoms with van der Waals surface area (Å²) >= 11 is 0. The number of aryl methyl sites for hydroxylation is 2. The fraction of sp³-hybridized carbons (Fsp3) is 0.462. The lowest BCUT2D eigenvalue weighted by Gasteiger charge is -2.47. The lowest BCUT2D eigenvalue weighted by atomic mass is 9.62. The number of hydrogen-bond acceptors (Lipinski definition) is 2. The topological polar surface area (TPSA) is 58.2 Å². The SMILES string of the molecule is Cc1ccccc1C(=O)NC[C@@]1(C)C[C@@H](NC(=O)c2ccccc2C)CC(C)(C)C1. The molecule has 0 heterocycles. The Morgan fingerprint density at radius 3 is 1.97 bits per heavy atom. The third-order valence-corrected chi connectivity index (χ3v) is 6.23. The summed E-state index contributed by atoms with van der Waals surface area (Å²) in [5, 5.41) is 6.41. The fourth-order valence-corrected chi connectivity index (χ4v) is 5.18. The van der Waals surface area contributed by atoms with E-state index in [1.54, 1.807) is 0 Å². The average Bonchev–Trinajstić information content (AvgIpc) is 2.65. The standard InChI is InChI=1S/C26H34N2O2/c1-18-10-6-8-12-21(18)23(29)27-17-26(5)15-20(14-25(3,4)16-26)28-24(30)22-13-9-7-11-19(22)2/h6-13,20H,14-17H2,1-5H3,(H,27,29)(H,28,30)/t20-,26-/m0/s1. The normalized spacial score (nSPS) is 22.9. The Balaban J connectivity index is 1.69. The molecule has 0 unspecified atom stereocenters. The van der Waals surface area contributed by atoms with Gasteiger partial charge in [0, 0.05) is 23.7 Å². The van der Waals surface area contributed by atoms with E-state index in [2.05, 4.69) is 31.4 Å². The van der Waals surface area contributed by atoms with Gasteiger partial charge in [0.25, 0.3) is 11.8 Å². The minimum Gasteiger partial charge on any atom is -0.351 e.